The van der Waals surface area contributed by atoms with Gasteiger partial charge in [-0.2, -0.15) is 10.4 Å². The highest BCUT2D eigenvalue weighted by atomic mass is 16.5. The van der Waals surface area contributed by atoms with E-state index in [-0.39, 0.29) is 5.56 Å². The largest absolute Gasteiger partial charge is 0.495 e. The molecule has 1 heterocycles. The lowest BCUT2D eigenvalue weighted by Crippen LogP contribution is -2.22. The van der Waals surface area contributed by atoms with Crippen LogP contribution in [0.2, 0.25) is 0 Å². The minimum absolute atomic E-state index is 0.158. The summed E-state index contributed by atoms with van der Waals surface area (Å²) >= 11 is 0. The Morgan fingerprint density at radius 3 is 2.84 bits per heavy atom. The molecule has 2 rings (SSSR count). The van der Waals surface area contributed by atoms with Crippen molar-refractivity contribution in [3.8, 4) is 11.8 Å². The van der Waals surface area contributed by atoms with Crippen LogP contribution in [0.1, 0.15) is 16.7 Å². The molecule has 0 spiro atoms. The zero-order valence-corrected chi connectivity index (χ0v) is 10.8. The van der Waals surface area contributed by atoms with Crippen molar-refractivity contribution in [1.82, 2.24) is 9.78 Å². The second-order valence-corrected chi connectivity index (χ2v) is 4.18. The van der Waals surface area contributed by atoms with E-state index in [4.69, 9.17) is 10.00 Å². The van der Waals surface area contributed by atoms with Gasteiger partial charge in [-0.25, -0.2) is 4.68 Å². The molecule has 0 saturated heterocycles. The van der Waals surface area contributed by atoms with E-state index < -0.39 is 0 Å². The molecular weight excluding hydrogens is 242 g/mol. The second-order valence-electron chi connectivity index (χ2n) is 4.18. The van der Waals surface area contributed by atoms with Crippen molar-refractivity contribution in [1.29, 1.82) is 5.26 Å². The molecule has 1 aromatic carbocycles. The van der Waals surface area contributed by atoms with Crippen LogP contribution in [0.4, 0.5) is 0 Å². The molecule has 0 fully saturated rings. The molecule has 5 nitrogen and oxygen atoms in total. The number of nitrogens with zero attached hydrogens (tertiary/aromatic N) is 3. The standard InChI is InChI=1S/C14H13N3O2/c1-10-5-14(18)17(16-8-10)9-11-3-4-13(19-2)12(6-11)7-15/h3-6,8H,9H2,1-2H3. The SMILES string of the molecule is COc1ccc(Cn2ncc(C)cc2=O)cc1C#N. The monoisotopic (exact) mass is 255 g/mol. The predicted octanol–water partition coefficient (Wildman–Crippen LogP) is 1.48. The van der Waals surface area contributed by atoms with Crippen LogP contribution in [-0.4, -0.2) is 16.9 Å². The Bertz CT molecular complexity index is 699. The van der Waals surface area contributed by atoms with Gasteiger partial charge >= 0.3 is 0 Å². The molecule has 0 amide bonds. The van der Waals surface area contributed by atoms with Crippen LogP contribution in [0, 0.1) is 18.3 Å². The van der Waals surface area contributed by atoms with Crippen LogP contribution in [0.15, 0.2) is 35.3 Å². The van der Waals surface area contributed by atoms with Crippen LogP contribution >= 0.6 is 0 Å². The lowest BCUT2D eigenvalue weighted by molar-refractivity contribution is 0.413. The predicted molar refractivity (Wildman–Crippen MR) is 70.0 cm³/mol. The third kappa shape index (κ3) is 2.80. The van der Waals surface area contributed by atoms with E-state index in [9.17, 15) is 4.79 Å². The van der Waals surface area contributed by atoms with Gasteiger partial charge in [-0.3, -0.25) is 4.79 Å². The fourth-order valence-corrected chi connectivity index (χ4v) is 1.76. The summed E-state index contributed by atoms with van der Waals surface area (Å²) in [4.78, 5) is 11.7. The van der Waals surface area contributed by atoms with E-state index in [0.717, 1.165) is 11.1 Å². The molecule has 0 N–H and O–H groups in total. The average molecular weight is 255 g/mol. The zero-order valence-electron chi connectivity index (χ0n) is 10.8. The van der Waals surface area contributed by atoms with Crippen LogP contribution in [0.25, 0.3) is 0 Å². The molecule has 0 bridgehead atoms. The van der Waals surface area contributed by atoms with Crippen molar-refractivity contribution in [3.63, 3.8) is 0 Å². The number of nitriles is 1. The number of benzene rings is 1. The van der Waals surface area contributed by atoms with E-state index in [0.29, 0.717) is 17.9 Å². The molecule has 2 aromatic rings. The molecule has 1 aromatic heterocycles. The molecule has 0 aliphatic rings. The molecule has 0 atom stereocenters. The maximum Gasteiger partial charge on any atom is 0.267 e. The van der Waals surface area contributed by atoms with Crippen molar-refractivity contribution < 1.29 is 4.74 Å². The summed E-state index contributed by atoms with van der Waals surface area (Å²) in [5, 5.41) is 13.1. The van der Waals surface area contributed by atoms with E-state index >= 15 is 0 Å². The average Bonchev–Trinajstić information content (AvgIpc) is 2.41. The van der Waals surface area contributed by atoms with Crippen molar-refractivity contribution in [2.24, 2.45) is 0 Å². The summed E-state index contributed by atoms with van der Waals surface area (Å²) in [6.45, 7) is 2.15. The number of rotatable bonds is 3. The summed E-state index contributed by atoms with van der Waals surface area (Å²) in [6, 6.07) is 8.82. The number of hydrogen-bond acceptors (Lipinski definition) is 4. The fraction of sp³-hybridized carbons (Fsp3) is 0.214. The Balaban J connectivity index is 2.34. The minimum Gasteiger partial charge on any atom is -0.495 e. The Morgan fingerprint density at radius 2 is 2.21 bits per heavy atom. The highest BCUT2D eigenvalue weighted by Gasteiger charge is 2.05. The quantitative estimate of drug-likeness (QED) is 0.833. The van der Waals surface area contributed by atoms with E-state index in [1.807, 2.05) is 13.0 Å². The first-order valence-electron chi connectivity index (χ1n) is 5.75. The topological polar surface area (TPSA) is 67.9 Å². The fourth-order valence-electron chi connectivity index (χ4n) is 1.76. The number of aromatic nitrogens is 2. The number of ether oxygens (including phenoxy) is 1. The Labute approximate surface area is 110 Å². The van der Waals surface area contributed by atoms with Crippen LogP contribution in [0.5, 0.6) is 5.75 Å². The Kier molecular flexibility index (Phi) is 3.62. The molecular formula is C14H13N3O2. The van der Waals surface area contributed by atoms with Gasteiger partial charge in [0.1, 0.15) is 11.8 Å². The highest BCUT2D eigenvalue weighted by Crippen LogP contribution is 2.18. The van der Waals surface area contributed by atoms with Crippen molar-refractivity contribution >= 4 is 0 Å². The molecule has 0 unspecified atom stereocenters. The molecule has 5 heteroatoms. The maximum atomic E-state index is 11.7. The third-order valence-electron chi connectivity index (χ3n) is 2.72. The van der Waals surface area contributed by atoms with Gasteiger partial charge in [-0.1, -0.05) is 6.07 Å². The first-order valence-corrected chi connectivity index (χ1v) is 5.75. The van der Waals surface area contributed by atoms with Gasteiger partial charge in [-0.05, 0) is 30.2 Å². The van der Waals surface area contributed by atoms with Gasteiger partial charge in [-0.15, -0.1) is 0 Å². The van der Waals surface area contributed by atoms with Gasteiger partial charge in [0.25, 0.3) is 5.56 Å². The van der Waals surface area contributed by atoms with Crippen molar-refractivity contribution in [2.75, 3.05) is 7.11 Å². The van der Waals surface area contributed by atoms with Crippen molar-refractivity contribution in [2.45, 2.75) is 13.5 Å². The molecule has 0 radical (unpaired) electrons. The number of aryl methyl sites for hydroxylation is 1. The second kappa shape index (κ2) is 5.36. The smallest absolute Gasteiger partial charge is 0.267 e. The maximum absolute atomic E-state index is 11.7. The van der Waals surface area contributed by atoms with Gasteiger partial charge in [0.15, 0.2) is 0 Å². The van der Waals surface area contributed by atoms with E-state index in [2.05, 4.69) is 11.2 Å². The Morgan fingerprint density at radius 1 is 1.42 bits per heavy atom. The molecule has 0 aliphatic heterocycles. The zero-order chi connectivity index (χ0) is 13.8. The summed E-state index contributed by atoms with van der Waals surface area (Å²) < 4.78 is 6.43. The van der Waals surface area contributed by atoms with Crippen LogP contribution in [-0.2, 0) is 6.54 Å². The first kappa shape index (κ1) is 12.8. The lowest BCUT2D eigenvalue weighted by Gasteiger charge is -2.07. The van der Waals surface area contributed by atoms with Gasteiger partial charge in [0, 0.05) is 6.07 Å². The van der Waals surface area contributed by atoms with Gasteiger partial charge in [0.05, 0.1) is 25.4 Å². The molecule has 96 valence electrons. The molecule has 0 aliphatic carbocycles. The van der Waals surface area contributed by atoms with E-state index in [1.165, 1.54) is 17.9 Å². The number of methoxy groups -OCH3 is 1. The molecule has 19 heavy (non-hydrogen) atoms. The summed E-state index contributed by atoms with van der Waals surface area (Å²) in [6.07, 6.45) is 1.64. The Hall–Kier alpha value is -2.61. The summed E-state index contributed by atoms with van der Waals surface area (Å²) in [5.74, 6) is 0.524. The normalized spacial score (nSPS) is 9.95. The van der Waals surface area contributed by atoms with Gasteiger partial charge in [0.2, 0.25) is 0 Å². The van der Waals surface area contributed by atoms with E-state index in [1.54, 1.807) is 18.3 Å². The minimum atomic E-state index is -0.158. The van der Waals surface area contributed by atoms with Crippen LogP contribution in [0.3, 0.4) is 0 Å². The summed E-state index contributed by atoms with van der Waals surface area (Å²) in [7, 11) is 1.52. The highest BCUT2D eigenvalue weighted by molar-refractivity contribution is 5.45. The van der Waals surface area contributed by atoms with Crippen LogP contribution < -0.4 is 10.3 Å². The van der Waals surface area contributed by atoms with Crippen molar-refractivity contribution in [3.05, 3.63) is 57.5 Å². The molecule has 0 saturated carbocycles. The van der Waals surface area contributed by atoms with Gasteiger partial charge < -0.3 is 4.74 Å². The first-order chi connectivity index (χ1) is 9.13. The lowest BCUT2D eigenvalue weighted by atomic mass is 10.1. The number of hydrogen-bond donors (Lipinski definition) is 0. The third-order valence-corrected chi connectivity index (χ3v) is 2.72. The summed E-state index contributed by atoms with van der Waals surface area (Å²) in [5.41, 5.74) is 1.94.